The minimum Gasteiger partial charge on any atom is -0.394 e. The lowest BCUT2D eigenvalue weighted by Gasteiger charge is -2.08. The minimum atomic E-state index is -0.823. The number of hydrogen-bond acceptors (Lipinski definition) is 5. The molecule has 0 aliphatic heterocycles. The van der Waals surface area contributed by atoms with E-state index >= 15 is 0 Å². The molecule has 0 fully saturated rings. The monoisotopic (exact) mass is 180 g/mol. The minimum absolute atomic E-state index is 0.0868. The quantitative estimate of drug-likeness (QED) is 0.369. The van der Waals surface area contributed by atoms with E-state index in [2.05, 4.69) is 0 Å². The van der Waals surface area contributed by atoms with Crippen molar-refractivity contribution in [1.29, 1.82) is 0 Å². The molecule has 0 bridgehead atoms. The predicted molar refractivity (Wildman–Crippen MR) is 41.7 cm³/mol. The zero-order valence-corrected chi connectivity index (χ0v) is 7.23. The van der Waals surface area contributed by atoms with Gasteiger partial charge in [-0.1, -0.05) is 0 Å². The van der Waals surface area contributed by atoms with E-state index < -0.39 is 6.10 Å². The average Bonchev–Trinajstić information content (AvgIpc) is 2.10. The lowest BCUT2D eigenvalue weighted by atomic mass is 10.4. The number of aliphatic hydroxyl groups is 2. The molecule has 1 unspecified atom stereocenters. The van der Waals surface area contributed by atoms with Crippen LogP contribution in [-0.2, 0) is 14.2 Å². The second-order valence-electron chi connectivity index (χ2n) is 2.23. The third kappa shape index (κ3) is 7.90. The van der Waals surface area contributed by atoms with E-state index in [0.29, 0.717) is 13.2 Å². The van der Waals surface area contributed by atoms with Crippen LogP contribution in [0.2, 0.25) is 0 Å². The topological polar surface area (TPSA) is 68.2 Å². The maximum atomic E-state index is 8.81. The lowest BCUT2D eigenvalue weighted by molar-refractivity contribution is -0.0929. The summed E-state index contributed by atoms with van der Waals surface area (Å²) in [6.45, 7) is 0.888. The Hall–Kier alpha value is -0.200. The van der Waals surface area contributed by atoms with Gasteiger partial charge in [0.2, 0.25) is 0 Å². The molecule has 2 N–H and O–H groups in total. The van der Waals surface area contributed by atoms with Crippen molar-refractivity contribution in [3.63, 3.8) is 0 Å². The summed E-state index contributed by atoms with van der Waals surface area (Å²) in [6, 6.07) is 0. The first-order chi connectivity index (χ1) is 5.81. The van der Waals surface area contributed by atoms with Crippen molar-refractivity contribution in [3.8, 4) is 0 Å². The second kappa shape index (κ2) is 8.89. The van der Waals surface area contributed by atoms with Gasteiger partial charge in [0, 0.05) is 7.11 Å². The fourth-order valence-electron chi connectivity index (χ4n) is 0.497. The summed E-state index contributed by atoms with van der Waals surface area (Å²) in [7, 11) is 1.58. The zero-order chi connectivity index (χ0) is 9.23. The van der Waals surface area contributed by atoms with Crippen LogP contribution in [0, 0.1) is 0 Å². The molecular weight excluding hydrogens is 164 g/mol. The van der Waals surface area contributed by atoms with Crippen LogP contribution in [0.1, 0.15) is 0 Å². The van der Waals surface area contributed by atoms with E-state index in [9.17, 15) is 0 Å². The van der Waals surface area contributed by atoms with Gasteiger partial charge in [-0.3, -0.25) is 0 Å². The summed E-state index contributed by atoms with van der Waals surface area (Å²) in [5, 5.41) is 17.2. The van der Waals surface area contributed by atoms with E-state index in [1.807, 2.05) is 0 Å². The van der Waals surface area contributed by atoms with Crippen molar-refractivity contribution in [2.75, 3.05) is 40.3 Å². The Morgan fingerprint density at radius 2 is 2.00 bits per heavy atom. The maximum absolute atomic E-state index is 8.81. The first-order valence-corrected chi connectivity index (χ1v) is 3.74. The molecule has 0 rings (SSSR count). The molecule has 0 saturated carbocycles. The highest BCUT2D eigenvalue weighted by Crippen LogP contribution is 1.84. The van der Waals surface area contributed by atoms with Crippen LogP contribution in [0.4, 0.5) is 0 Å². The van der Waals surface area contributed by atoms with Crippen molar-refractivity contribution in [1.82, 2.24) is 0 Å². The summed E-state index contributed by atoms with van der Waals surface area (Å²) in [5.41, 5.74) is 0. The van der Waals surface area contributed by atoms with Gasteiger partial charge < -0.3 is 24.4 Å². The summed E-state index contributed by atoms with van der Waals surface area (Å²) in [6.07, 6.45) is -0.823. The number of ether oxygens (including phenoxy) is 3. The molecule has 74 valence electrons. The van der Waals surface area contributed by atoms with Gasteiger partial charge >= 0.3 is 0 Å². The molecule has 12 heavy (non-hydrogen) atoms. The van der Waals surface area contributed by atoms with Crippen molar-refractivity contribution in [3.05, 3.63) is 0 Å². The average molecular weight is 180 g/mol. The number of hydrogen-bond donors (Lipinski definition) is 2. The van der Waals surface area contributed by atoms with Crippen LogP contribution >= 0.6 is 0 Å². The Balaban J connectivity index is 2.90. The third-order valence-electron chi connectivity index (χ3n) is 1.12. The molecule has 0 amide bonds. The van der Waals surface area contributed by atoms with E-state index in [4.69, 9.17) is 24.4 Å². The molecule has 0 aromatic rings. The highest BCUT2D eigenvalue weighted by atomic mass is 16.7. The molecule has 0 aromatic heterocycles. The fourth-order valence-corrected chi connectivity index (χ4v) is 0.497. The maximum Gasteiger partial charge on any atom is 0.146 e. The SMILES string of the molecule is COCCOCOCC(O)CO. The Kier molecular flexibility index (Phi) is 8.74. The molecule has 0 aliphatic rings. The molecule has 1 atom stereocenters. The van der Waals surface area contributed by atoms with Crippen LogP contribution < -0.4 is 0 Å². The molecule has 5 nitrogen and oxygen atoms in total. The van der Waals surface area contributed by atoms with Crippen molar-refractivity contribution in [2.45, 2.75) is 6.10 Å². The molecule has 0 radical (unpaired) electrons. The first-order valence-electron chi connectivity index (χ1n) is 3.74. The van der Waals surface area contributed by atoms with Gasteiger partial charge in [-0.25, -0.2) is 0 Å². The standard InChI is InChI=1S/C7H16O5/c1-10-2-3-11-6-12-5-7(9)4-8/h7-9H,2-6H2,1H3. The van der Waals surface area contributed by atoms with Crippen molar-refractivity contribution >= 4 is 0 Å². The summed E-state index contributed by atoms with van der Waals surface area (Å²) in [5.74, 6) is 0. The summed E-state index contributed by atoms with van der Waals surface area (Å²) >= 11 is 0. The molecule has 0 aromatic carbocycles. The molecule has 0 saturated heterocycles. The zero-order valence-electron chi connectivity index (χ0n) is 7.23. The number of methoxy groups -OCH3 is 1. The largest absolute Gasteiger partial charge is 0.394 e. The Morgan fingerprint density at radius 1 is 1.25 bits per heavy atom. The molecule has 0 heterocycles. The van der Waals surface area contributed by atoms with E-state index in [1.54, 1.807) is 7.11 Å². The van der Waals surface area contributed by atoms with Crippen LogP contribution in [0.3, 0.4) is 0 Å². The van der Waals surface area contributed by atoms with E-state index in [1.165, 1.54) is 0 Å². The van der Waals surface area contributed by atoms with Crippen LogP contribution in [-0.4, -0.2) is 56.6 Å². The predicted octanol–water partition coefficient (Wildman–Crippen LogP) is -1.02. The van der Waals surface area contributed by atoms with Gasteiger partial charge in [-0.15, -0.1) is 0 Å². The van der Waals surface area contributed by atoms with Gasteiger partial charge in [0.1, 0.15) is 12.9 Å². The van der Waals surface area contributed by atoms with E-state index in [0.717, 1.165) is 0 Å². The van der Waals surface area contributed by atoms with Crippen molar-refractivity contribution < 1.29 is 24.4 Å². The Morgan fingerprint density at radius 3 is 2.58 bits per heavy atom. The highest BCUT2D eigenvalue weighted by Gasteiger charge is 2.00. The van der Waals surface area contributed by atoms with E-state index in [-0.39, 0.29) is 20.0 Å². The first kappa shape index (κ1) is 11.8. The normalized spacial score (nSPS) is 13.2. The van der Waals surface area contributed by atoms with Crippen LogP contribution in [0.5, 0.6) is 0 Å². The number of aliphatic hydroxyl groups excluding tert-OH is 2. The molecule has 5 heteroatoms. The van der Waals surface area contributed by atoms with Crippen molar-refractivity contribution in [2.24, 2.45) is 0 Å². The lowest BCUT2D eigenvalue weighted by Crippen LogP contribution is -2.20. The van der Waals surface area contributed by atoms with Gasteiger partial charge in [0.25, 0.3) is 0 Å². The summed E-state index contributed by atoms with van der Waals surface area (Å²) in [4.78, 5) is 0. The third-order valence-corrected chi connectivity index (χ3v) is 1.12. The highest BCUT2D eigenvalue weighted by molar-refractivity contribution is 4.46. The van der Waals surface area contributed by atoms with Gasteiger partial charge in [0.05, 0.1) is 26.4 Å². The molecule has 0 aliphatic carbocycles. The fraction of sp³-hybridized carbons (Fsp3) is 1.00. The smallest absolute Gasteiger partial charge is 0.146 e. The number of rotatable bonds is 8. The second-order valence-corrected chi connectivity index (χ2v) is 2.23. The Labute approximate surface area is 71.9 Å². The Bertz CT molecular complexity index is 87.9. The summed E-state index contributed by atoms with van der Waals surface area (Å²) < 4.78 is 14.5. The van der Waals surface area contributed by atoms with Gasteiger partial charge in [-0.05, 0) is 0 Å². The molecule has 0 spiro atoms. The van der Waals surface area contributed by atoms with Crippen LogP contribution in [0.25, 0.3) is 0 Å². The van der Waals surface area contributed by atoms with Crippen LogP contribution in [0.15, 0.2) is 0 Å². The molecular formula is C7H16O5. The van der Waals surface area contributed by atoms with Gasteiger partial charge in [0.15, 0.2) is 0 Å². The van der Waals surface area contributed by atoms with Gasteiger partial charge in [-0.2, -0.15) is 0 Å².